The number of halogens is 3. The van der Waals surface area contributed by atoms with Crippen molar-refractivity contribution < 1.29 is 32.2 Å². The van der Waals surface area contributed by atoms with Gasteiger partial charge < -0.3 is 24.1 Å². The number of rotatable bonds is 9. The molecule has 0 saturated heterocycles. The van der Waals surface area contributed by atoms with Crippen molar-refractivity contribution in [2.75, 3.05) is 40.2 Å². The normalized spacial score (nSPS) is 11.4. The van der Waals surface area contributed by atoms with E-state index in [9.17, 15) is 18.0 Å². The molecule has 0 aliphatic carbocycles. The molecule has 8 nitrogen and oxygen atoms in total. The fourth-order valence-corrected chi connectivity index (χ4v) is 2.73. The van der Waals surface area contributed by atoms with E-state index in [2.05, 4.69) is 10.3 Å². The molecule has 1 amide bonds. The van der Waals surface area contributed by atoms with Crippen LogP contribution < -0.4 is 19.5 Å². The molecule has 1 heterocycles. The average Bonchev–Trinajstić information content (AvgIpc) is 3.05. The molecule has 0 aliphatic heterocycles. The first-order chi connectivity index (χ1) is 13.7. The van der Waals surface area contributed by atoms with Crippen LogP contribution in [-0.2, 0) is 17.9 Å². The SMILES string of the molecule is COc1cc(NC(=O)CN(C)Cc2nccn2CC(F)(F)F)cc(OC)c1OC. The van der Waals surface area contributed by atoms with Crippen LogP contribution in [0, 0.1) is 0 Å². The lowest BCUT2D eigenvalue weighted by molar-refractivity contribution is -0.141. The monoisotopic (exact) mass is 416 g/mol. The van der Waals surface area contributed by atoms with E-state index in [1.54, 1.807) is 24.1 Å². The largest absolute Gasteiger partial charge is 0.493 e. The quantitative estimate of drug-likeness (QED) is 0.677. The topological polar surface area (TPSA) is 77.9 Å². The van der Waals surface area contributed by atoms with Crippen LogP contribution in [0.15, 0.2) is 24.5 Å². The molecule has 1 aromatic heterocycles. The summed E-state index contributed by atoms with van der Waals surface area (Å²) in [6, 6.07) is 3.16. The summed E-state index contributed by atoms with van der Waals surface area (Å²) in [6.45, 7) is -1.12. The number of benzene rings is 1. The number of anilines is 1. The lowest BCUT2D eigenvalue weighted by Crippen LogP contribution is -2.31. The number of nitrogens with zero attached hydrogens (tertiary/aromatic N) is 3. The maximum Gasteiger partial charge on any atom is 0.406 e. The molecule has 0 fully saturated rings. The Balaban J connectivity index is 2.02. The Morgan fingerprint density at radius 3 is 2.31 bits per heavy atom. The van der Waals surface area contributed by atoms with Gasteiger partial charge in [-0.1, -0.05) is 0 Å². The third-order valence-corrected chi connectivity index (χ3v) is 3.92. The first kappa shape index (κ1) is 22.3. The summed E-state index contributed by atoms with van der Waals surface area (Å²) < 4.78 is 54.5. The van der Waals surface area contributed by atoms with E-state index < -0.39 is 12.7 Å². The van der Waals surface area contributed by atoms with Crippen molar-refractivity contribution in [3.05, 3.63) is 30.4 Å². The van der Waals surface area contributed by atoms with Gasteiger partial charge in [0.25, 0.3) is 0 Å². The smallest absolute Gasteiger partial charge is 0.406 e. The molecule has 1 N–H and O–H groups in total. The Hall–Kier alpha value is -2.95. The summed E-state index contributed by atoms with van der Waals surface area (Å²) >= 11 is 0. The highest BCUT2D eigenvalue weighted by Gasteiger charge is 2.29. The highest BCUT2D eigenvalue weighted by atomic mass is 19.4. The van der Waals surface area contributed by atoms with Crippen molar-refractivity contribution in [2.45, 2.75) is 19.3 Å². The Morgan fingerprint density at radius 1 is 1.17 bits per heavy atom. The van der Waals surface area contributed by atoms with Crippen molar-refractivity contribution in [2.24, 2.45) is 0 Å². The number of methoxy groups -OCH3 is 3. The molecule has 0 aliphatic rings. The molecule has 0 spiro atoms. The number of carbonyl (C=O) groups excluding carboxylic acids is 1. The summed E-state index contributed by atoms with van der Waals surface area (Å²) in [5.41, 5.74) is 0.427. The summed E-state index contributed by atoms with van der Waals surface area (Å²) in [7, 11) is 6.00. The van der Waals surface area contributed by atoms with E-state index in [1.165, 1.54) is 33.7 Å². The van der Waals surface area contributed by atoms with Crippen LogP contribution in [-0.4, -0.2) is 61.5 Å². The number of imidazole rings is 1. The lowest BCUT2D eigenvalue weighted by atomic mass is 10.2. The van der Waals surface area contributed by atoms with Gasteiger partial charge in [-0.05, 0) is 7.05 Å². The number of aromatic nitrogens is 2. The fraction of sp³-hybridized carbons (Fsp3) is 0.444. The van der Waals surface area contributed by atoms with Gasteiger partial charge >= 0.3 is 6.18 Å². The van der Waals surface area contributed by atoms with Crippen LogP contribution in [0.5, 0.6) is 17.2 Å². The molecule has 0 unspecified atom stereocenters. The predicted octanol–water partition coefficient (Wildman–Crippen LogP) is 2.54. The molecule has 0 atom stereocenters. The van der Waals surface area contributed by atoms with Crippen LogP contribution >= 0.6 is 0 Å². The van der Waals surface area contributed by atoms with Gasteiger partial charge in [-0.3, -0.25) is 9.69 Å². The molecule has 0 saturated carbocycles. The number of hydrogen-bond donors (Lipinski definition) is 1. The zero-order valence-electron chi connectivity index (χ0n) is 16.5. The number of carbonyl (C=O) groups is 1. The molecule has 0 radical (unpaired) electrons. The van der Waals surface area contributed by atoms with Crippen molar-refractivity contribution in [3.63, 3.8) is 0 Å². The standard InChI is InChI=1S/C18H23F3N4O4/c1-24(9-15-22-5-6-25(15)11-18(19,20)21)10-16(26)23-12-7-13(27-2)17(29-4)14(8-12)28-3/h5-8H,9-11H2,1-4H3,(H,23,26). The number of nitrogens with one attached hydrogen (secondary N) is 1. The van der Waals surface area contributed by atoms with Crippen molar-refractivity contribution in [3.8, 4) is 17.2 Å². The lowest BCUT2D eigenvalue weighted by Gasteiger charge is -2.18. The zero-order valence-corrected chi connectivity index (χ0v) is 16.5. The molecule has 160 valence electrons. The van der Waals surface area contributed by atoms with Gasteiger partial charge in [0.2, 0.25) is 11.7 Å². The molecular weight excluding hydrogens is 393 g/mol. The minimum atomic E-state index is -4.35. The Labute approximate surface area is 166 Å². The molecule has 1 aromatic carbocycles. The van der Waals surface area contributed by atoms with E-state index >= 15 is 0 Å². The second kappa shape index (κ2) is 9.50. The fourth-order valence-electron chi connectivity index (χ4n) is 2.73. The van der Waals surface area contributed by atoms with Gasteiger partial charge in [-0.15, -0.1) is 0 Å². The molecule has 2 rings (SSSR count). The van der Waals surface area contributed by atoms with E-state index in [-0.39, 0.29) is 24.8 Å². The van der Waals surface area contributed by atoms with Gasteiger partial charge in [0.1, 0.15) is 12.4 Å². The Kier molecular flexibility index (Phi) is 7.32. The number of alkyl halides is 3. The Morgan fingerprint density at radius 2 is 1.79 bits per heavy atom. The van der Waals surface area contributed by atoms with E-state index in [0.717, 1.165) is 4.57 Å². The van der Waals surface area contributed by atoms with Gasteiger partial charge in [0.05, 0.1) is 34.4 Å². The van der Waals surface area contributed by atoms with Crippen molar-refractivity contribution in [1.29, 1.82) is 0 Å². The molecule has 2 aromatic rings. The second-order valence-corrected chi connectivity index (χ2v) is 6.22. The summed E-state index contributed by atoms with van der Waals surface area (Å²) in [6.07, 6.45) is -1.80. The predicted molar refractivity (Wildman–Crippen MR) is 99.3 cm³/mol. The van der Waals surface area contributed by atoms with Crippen LogP contribution in [0.4, 0.5) is 18.9 Å². The number of likely N-dealkylation sites (N-methyl/N-ethyl adjacent to an activating group) is 1. The van der Waals surface area contributed by atoms with Crippen LogP contribution in [0.1, 0.15) is 5.82 Å². The molecule has 29 heavy (non-hydrogen) atoms. The molecule has 0 bridgehead atoms. The number of hydrogen-bond acceptors (Lipinski definition) is 6. The highest BCUT2D eigenvalue weighted by molar-refractivity contribution is 5.93. The van der Waals surface area contributed by atoms with Gasteiger partial charge in [0, 0.05) is 30.2 Å². The highest BCUT2D eigenvalue weighted by Crippen LogP contribution is 2.39. The third kappa shape index (κ3) is 6.28. The van der Waals surface area contributed by atoms with Crippen molar-refractivity contribution >= 4 is 11.6 Å². The zero-order chi connectivity index (χ0) is 21.6. The average molecular weight is 416 g/mol. The second-order valence-electron chi connectivity index (χ2n) is 6.22. The van der Waals surface area contributed by atoms with E-state index in [4.69, 9.17) is 14.2 Å². The molecule has 11 heteroatoms. The minimum absolute atomic E-state index is 0.0600. The van der Waals surface area contributed by atoms with Gasteiger partial charge in [-0.25, -0.2) is 4.98 Å². The van der Waals surface area contributed by atoms with Gasteiger partial charge in [-0.2, -0.15) is 13.2 Å². The van der Waals surface area contributed by atoms with E-state index in [0.29, 0.717) is 22.9 Å². The number of amides is 1. The maximum absolute atomic E-state index is 12.6. The van der Waals surface area contributed by atoms with E-state index in [1.807, 2.05) is 0 Å². The maximum atomic E-state index is 12.6. The van der Waals surface area contributed by atoms with Crippen LogP contribution in [0.25, 0.3) is 0 Å². The first-order valence-corrected chi connectivity index (χ1v) is 8.52. The van der Waals surface area contributed by atoms with Crippen LogP contribution in [0.2, 0.25) is 0 Å². The summed E-state index contributed by atoms with van der Waals surface area (Å²) in [5, 5.41) is 2.70. The van der Waals surface area contributed by atoms with Crippen molar-refractivity contribution in [1.82, 2.24) is 14.5 Å². The van der Waals surface area contributed by atoms with Gasteiger partial charge in [0.15, 0.2) is 11.5 Å². The Bertz CT molecular complexity index is 814. The first-order valence-electron chi connectivity index (χ1n) is 8.52. The number of ether oxygens (including phenoxy) is 3. The summed E-state index contributed by atoms with van der Waals surface area (Å²) in [5.74, 6) is 0.997. The minimum Gasteiger partial charge on any atom is -0.493 e. The third-order valence-electron chi connectivity index (χ3n) is 3.92. The molecular formula is C18H23F3N4O4. The van der Waals surface area contributed by atoms with Crippen LogP contribution in [0.3, 0.4) is 0 Å². The summed E-state index contributed by atoms with van der Waals surface area (Å²) in [4.78, 5) is 17.8.